The molecule has 0 spiro atoms. The van der Waals surface area contributed by atoms with Gasteiger partial charge in [0.05, 0.1) is 0 Å². The average molecular weight is 798 g/mol. The Labute approximate surface area is 348 Å². The maximum atomic E-state index is 11.7. The van der Waals surface area contributed by atoms with Crippen LogP contribution >= 0.6 is 0 Å². The Kier molecular flexibility index (Phi) is 29.5. The molecule has 3 rings (SSSR count). The molecular formula is C52H86N2Ni. The van der Waals surface area contributed by atoms with E-state index in [2.05, 4.69) is 90.1 Å². The molecule has 0 radical (unpaired) electrons. The summed E-state index contributed by atoms with van der Waals surface area (Å²) >= 11 is 2.01. The van der Waals surface area contributed by atoms with Crippen molar-refractivity contribution in [3.8, 4) is 0 Å². The van der Waals surface area contributed by atoms with Crippen LogP contribution in [0.25, 0.3) is 16.9 Å². The third kappa shape index (κ3) is 20.3. The number of hydrogen-bond acceptors (Lipinski definition) is 0. The molecule has 55 heavy (non-hydrogen) atoms. The van der Waals surface area contributed by atoms with Crippen LogP contribution < -0.4 is 0 Å². The van der Waals surface area contributed by atoms with Gasteiger partial charge in [-0.25, -0.2) is 4.70 Å². The van der Waals surface area contributed by atoms with Crippen LogP contribution in [0.2, 0.25) is 10.8 Å². The second kappa shape index (κ2) is 33.0. The summed E-state index contributed by atoms with van der Waals surface area (Å²) < 4.78 is 1.51. The van der Waals surface area contributed by atoms with Crippen LogP contribution in [0, 0.1) is 0 Å². The van der Waals surface area contributed by atoms with Crippen molar-refractivity contribution in [1.29, 1.82) is 0 Å². The zero-order valence-electron chi connectivity index (χ0n) is 37.0. The Balaban J connectivity index is 0.000000518. The second-order valence-electron chi connectivity index (χ2n) is 16.1. The molecule has 0 atom stereocenters. The van der Waals surface area contributed by atoms with Crippen LogP contribution in [-0.2, 0) is 27.3 Å². The summed E-state index contributed by atoms with van der Waals surface area (Å²) in [6.07, 6.45) is 37.2. The predicted octanol–water partition coefficient (Wildman–Crippen LogP) is 18.1. The topological polar surface area (TPSA) is 25.3 Å². The van der Waals surface area contributed by atoms with Gasteiger partial charge in [0, 0.05) is 22.3 Å². The molecule has 0 unspecified atom stereocenters. The van der Waals surface area contributed by atoms with E-state index in [0.29, 0.717) is 0 Å². The van der Waals surface area contributed by atoms with Crippen molar-refractivity contribution in [3.05, 3.63) is 87.5 Å². The molecule has 0 aromatic heterocycles. The van der Waals surface area contributed by atoms with E-state index in [9.17, 15) is 5.53 Å². The maximum absolute atomic E-state index is 11.7. The first kappa shape index (κ1) is 49.2. The van der Waals surface area contributed by atoms with Gasteiger partial charge in [-0.05, 0) is 73.9 Å². The molecule has 0 N–H and O–H groups in total. The number of nitrogens with zero attached hydrogens (tertiary/aromatic N) is 2. The summed E-state index contributed by atoms with van der Waals surface area (Å²) in [6.45, 7) is 13.6. The first-order chi connectivity index (χ1) is 27.1. The zero-order chi connectivity index (χ0) is 39.8. The van der Waals surface area contributed by atoms with Gasteiger partial charge >= 0.3 is 116 Å². The van der Waals surface area contributed by atoms with Crippen molar-refractivity contribution in [3.63, 3.8) is 0 Å². The fourth-order valence-electron chi connectivity index (χ4n) is 7.93. The average Bonchev–Trinajstić information content (AvgIpc) is 3.50. The molecule has 3 heteroatoms. The summed E-state index contributed by atoms with van der Waals surface area (Å²) in [5, 5.41) is 2.85. The van der Waals surface area contributed by atoms with Crippen molar-refractivity contribution in [2.45, 2.75) is 232 Å². The van der Waals surface area contributed by atoms with Crippen LogP contribution in [0.4, 0.5) is 0 Å². The monoisotopic (exact) mass is 797 g/mol. The molecular weight excluding hydrogens is 711 g/mol. The van der Waals surface area contributed by atoms with Crippen LogP contribution in [0.15, 0.2) is 59.7 Å². The number of unbranched alkanes of at least 4 members (excludes halogenated alkanes) is 20. The van der Waals surface area contributed by atoms with Crippen LogP contribution in [0.5, 0.6) is 0 Å². The number of allylic oxidation sites excluding steroid dienone is 2. The Morgan fingerprint density at radius 3 is 1.09 bits per heavy atom. The first-order valence-corrected chi connectivity index (χ1v) is 25.0. The standard InChI is InChI=1S/C36H52N2.2C8H17.Ni/c1-5-9-11-13-15-17-21-29-23-19-25-31(27-29)35-33(7-3)34(8-4)36(38(35)37)32-26-20-24-30(28-32)22-18-16-14-12-10-6-2;2*1-3-5-7-8-6-4-2;/h19-20,23-28H,5-18,21-22H2,1-4H3;2*1,3-8H2,2H3;. The fourth-order valence-corrected chi connectivity index (χ4v) is 9.17. The van der Waals surface area contributed by atoms with Crippen LogP contribution in [0.3, 0.4) is 0 Å². The number of aryl methyl sites for hydroxylation is 2. The van der Waals surface area contributed by atoms with E-state index in [1.54, 1.807) is 0 Å². The molecule has 2 nitrogen and oxygen atoms in total. The van der Waals surface area contributed by atoms with Crippen LogP contribution in [-0.4, -0.2) is 4.70 Å². The van der Waals surface area contributed by atoms with Crippen LogP contribution in [0.1, 0.15) is 231 Å². The first-order valence-electron chi connectivity index (χ1n) is 23.6. The van der Waals surface area contributed by atoms with Gasteiger partial charge in [0.15, 0.2) is 0 Å². The summed E-state index contributed by atoms with van der Waals surface area (Å²) in [4.78, 5) is 0. The van der Waals surface area contributed by atoms with E-state index in [4.69, 9.17) is 0 Å². The summed E-state index contributed by atoms with van der Waals surface area (Å²) in [5.74, 6) is 0. The summed E-state index contributed by atoms with van der Waals surface area (Å²) in [5.41, 5.74) is 21.2. The molecule has 0 saturated carbocycles. The van der Waals surface area contributed by atoms with E-state index in [0.717, 1.165) is 48.2 Å². The normalized spacial score (nSPS) is 12.9. The minimum atomic E-state index is 0.915. The molecule has 0 saturated heterocycles. The van der Waals surface area contributed by atoms with Gasteiger partial charge in [0.1, 0.15) is 0 Å². The van der Waals surface area contributed by atoms with E-state index in [-0.39, 0.29) is 0 Å². The predicted molar refractivity (Wildman–Crippen MR) is 241 cm³/mol. The number of hydrogen-bond donors (Lipinski definition) is 0. The molecule has 2 aromatic rings. The summed E-state index contributed by atoms with van der Waals surface area (Å²) in [7, 11) is 0. The van der Waals surface area contributed by atoms with Crippen molar-refractivity contribution in [2.75, 3.05) is 0 Å². The second-order valence-corrected chi connectivity index (χ2v) is 17.6. The Morgan fingerprint density at radius 2 is 0.745 bits per heavy atom. The van der Waals surface area contributed by atoms with Crippen molar-refractivity contribution >= 4 is 11.4 Å². The Morgan fingerprint density at radius 1 is 0.418 bits per heavy atom. The van der Waals surface area contributed by atoms with E-state index in [1.807, 2.05) is 14.4 Å². The molecule has 1 heterocycles. The van der Waals surface area contributed by atoms with Crippen molar-refractivity contribution in [1.82, 2.24) is 0 Å². The number of benzene rings is 2. The third-order valence-corrected chi connectivity index (χ3v) is 12.7. The van der Waals surface area contributed by atoms with E-state index in [1.165, 1.54) is 192 Å². The van der Waals surface area contributed by atoms with Gasteiger partial charge in [0.25, 0.3) is 0 Å². The van der Waals surface area contributed by atoms with Gasteiger partial charge < -0.3 is 5.53 Å². The van der Waals surface area contributed by atoms with Gasteiger partial charge in [-0.2, -0.15) is 0 Å². The van der Waals surface area contributed by atoms with Crippen molar-refractivity contribution < 1.29 is 19.1 Å². The summed E-state index contributed by atoms with van der Waals surface area (Å²) in [6, 6.07) is 17.8. The Bertz CT molecular complexity index is 1240. The Hall–Kier alpha value is -1.99. The molecule has 0 bridgehead atoms. The third-order valence-electron chi connectivity index (χ3n) is 11.3. The fraction of sp³-hybridized carbons (Fsp3) is 0.692. The molecule has 0 amide bonds. The molecule has 0 fully saturated rings. The van der Waals surface area contributed by atoms with E-state index < -0.39 is 0 Å². The molecule has 314 valence electrons. The van der Waals surface area contributed by atoms with Gasteiger partial charge in [0.2, 0.25) is 11.4 Å². The molecule has 2 aromatic carbocycles. The van der Waals surface area contributed by atoms with E-state index >= 15 is 0 Å². The van der Waals surface area contributed by atoms with Crippen molar-refractivity contribution in [2.24, 2.45) is 0 Å². The zero-order valence-corrected chi connectivity index (χ0v) is 38.0. The van der Waals surface area contributed by atoms with Gasteiger partial charge in [-0.15, -0.1) is 0 Å². The number of rotatable bonds is 32. The minimum absolute atomic E-state index is 0.915. The SMILES string of the molecule is CCCCCCCCc1cccc(C2=C(CC)C(CC)=C(c3cccc(CCCCCCCC)c3)[N+]2=[N-])c1.CCCCCCC[CH2][Ni][CH2]CCCCCCC. The molecule has 1 aliphatic heterocycles. The quantitative estimate of drug-likeness (QED) is 0.0400. The molecule has 1 aliphatic rings. The van der Waals surface area contributed by atoms with Gasteiger partial charge in [-0.3, -0.25) is 0 Å². The van der Waals surface area contributed by atoms with Gasteiger partial charge in [-0.1, -0.05) is 116 Å². The molecule has 0 aliphatic carbocycles.